The van der Waals surface area contributed by atoms with Crippen molar-refractivity contribution in [2.45, 2.75) is 25.8 Å². The van der Waals surface area contributed by atoms with Crippen molar-refractivity contribution in [3.8, 4) is 17.7 Å². The number of aromatic nitrogens is 1. The van der Waals surface area contributed by atoms with Crippen LogP contribution in [0.25, 0.3) is 0 Å². The molecule has 1 N–H and O–H groups in total. The fourth-order valence-corrected chi connectivity index (χ4v) is 3.87. The van der Waals surface area contributed by atoms with Crippen LogP contribution < -0.4 is 10.1 Å². The normalized spacial score (nSPS) is 14.6. The molecule has 0 bridgehead atoms. The summed E-state index contributed by atoms with van der Waals surface area (Å²) in [5.41, 5.74) is 2.97. The van der Waals surface area contributed by atoms with Crippen molar-refractivity contribution in [1.29, 1.82) is 5.26 Å². The lowest BCUT2D eigenvalue weighted by Gasteiger charge is -2.27. The fraction of sp³-hybridized carbons (Fsp3) is 0.240. The molecular formula is C25H24N4O2. The lowest BCUT2D eigenvalue weighted by Crippen LogP contribution is -2.35. The van der Waals surface area contributed by atoms with E-state index in [1.54, 1.807) is 24.4 Å². The second kappa shape index (κ2) is 9.41. The standard InChI is InChI=1S/C25H24N4O2/c1-18-16-21(31-25-20(17-26)10-7-13-27-25)11-12-22(18)28-24(30)23(29-14-5-6-15-29)19-8-3-2-4-9-19/h2-4,7-13,16,23H,5-6,14-15H2,1H3,(H,28,30). The van der Waals surface area contributed by atoms with Gasteiger partial charge in [-0.25, -0.2) is 4.98 Å². The number of amides is 1. The highest BCUT2D eigenvalue weighted by Gasteiger charge is 2.29. The zero-order valence-electron chi connectivity index (χ0n) is 17.4. The Morgan fingerprint density at radius 3 is 2.61 bits per heavy atom. The first-order valence-corrected chi connectivity index (χ1v) is 10.4. The number of likely N-dealkylation sites (tertiary alicyclic amines) is 1. The molecule has 1 aliphatic heterocycles. The molecule has 0 spiro atoms. The smallest absolute Gasteiger partial charge is 0.246 e. The molecule has 2 heterocycles. The highest BCUT2D eigenvalue weighted by molar-refractivity contribution is 5.96. The molecule has 6 heteroatoms. The highest BCUT2D eigenvalue weighted by Crippen LogP contribution is 2.30. The van der Waals surface area contributed by atoms with E-state index >= 15 is 0 Å². The van der Waals surface area contributed by atoms with Crippen molar-refractivity contribution in [2.75, 3.05) is 18.4 Å². The van der Waals surface area contributed by atoms with Gasteiger partial charge in [-0.3, -0.25) is 9.69 Å². The second-order valence-electron chi connectivity index (χ2n) is 7.59. The summed E-state index contributed by atoms with van der Waals surface area (Å²) in [7, 11) is 0. The molecule has 0 aliphatic carbocycles. The maximum Gasteiger partial charge on any atom is 0.246 e. The van der Waals surface area contributed by atoms with Gasteiger partial charge in [-0.2, -0.15) is 5.26 Å². The summed E-state index contributed by atoms with van der Waals surface area (Å²) in [4.78, 5) is 19.6. The van der Waals surface area contributed by atoms with Crippen molar-refractivity contribution in [3.05, 3.63) is 83.6 Å². The van der Waals surface area contributed by atoms with Gasteiger partial charge in [0.05, 0.1) is 0 Å². The summed E-state index contributed by atoms with van der Waals surface area (Å²) >= 11 is 0. The van der Waals surface area contributed by atoms with E-state index < -0.39 is 0 Å². The zero-order valence-corrected chi connectivity index (χ0v) is 17.4. The topological polar surface area (TPSA) is 78.2 Å². The minimum absolute atomic E-state index is 0.0404. The maximum absolute atomic E-state index is 13.3. The summed E-state index contributed by atoms with van der Waals surface area (Å²) < 4.78 is 5.78. The van der Waals surface area contributed by atoms with Gasteiger partial charge in [-0.1, -0.05) is 30.3 Å². The third-order valence-electron chi connectivity index (χ3n) is 5.43. The number of hydrogen-bond acceptors (Lipinski definition) is 5. The Labute approximate surface area is 182 Å². The molecule has 1 aromatic heterocycles. The summed E-state index contributed by atoms with van der Waals surface area (Å²) in [5.74, 6) is 0.783. The van der Waals surface area contributed by atoms with Crippen LogP contribution >= 0.6 is 0 Å². The van der Waals surface area contributed by atoms with Gasteiger partial charge in [0, 0.05) is 11.9 Å². The van der Waals surface area contributed by atoms with E-state index in [0.29, 0.717) is 11.3 Å². The number of pyridine rings is 1. The number of nitrogens with zero attached hydrogens (tertiary/aromatic N) is 3. The molecule has 156 valence electrons. The zero-order chi connectivity index (χ0) is 21.6. The van der Waals surface area contributed by atoms with Crippen LogP contribution in [-0.2, 0) is 4.79 Å². The number of nitrogens with one attached hydrogen (secondary N) is 1. The van der Waals surface area contributed by atoms with Gasteiger partial charge in [-0.05, 0) is 74.3 Å². The van der Waals surface area contributed by atoms with Crippen LogP contribution in [0, 0.1) is 18.3 Å². The molecule has 1 saturated heterocycles. The molecule has 0 saturated carbocycles. The van der Waals surface area contributed by atoms with Gasteiger partial charge >= 0.3 is 0 Å². The molecule has 1 fully saturated rings. The van der Waals surface area contributed by atoms with E-state index in [4.69, 9.17) is 4.74 Å². The molecule has 2 aromatic carbocycles. The van der Waals surface area contributed by atoms with Gasteiger partial charge < -0.3 is 10.1 Å². The second-order valence-corrected chi connectivity index (χ2v) is 7.59. The number of ether oxygens (including phenoxy) is 1. The largest absolute Gasteiger partial charge is 0.438 e. The lowest BCUT2D eigenvalue weighted by atomic mass is 10.0. The molecule has 1 atom stereocenters. The van der Waals surface area contributed by atoms with Crippen LogP contribution in [-0.4, -0.2) is 28.9 Å². The molecule has 1 unspecified atom stereocenters. The summed E-state index contributed by atoms with van der Waals surface area (Å²) in [6.45, 7) is 3.76. The van der Waals surface area contributed by atoms with Crippen LogP contribution in [0.1, 0.15) is 35.6 Å². The fourth-order valence-electron chi connectivity index (χ4n) is 3.87. The molecule has 1 amide bonds. The first kappa shape index (κ1) is 20.6. The highest BCUT2D eigenvalue weighted by atomic mass is 16.5. The molecule has 4 rings (SSSR count). The Bertz CT molecular complexity index is 1100. The van der Waals surface area contributed by atoms with E-state index in [2.05, 4.69) is 21.3 Å². The monoisotopic (exact) mass is 412 g/mol. The summed E-state index contributed by atoms with van der Waals surface area (Å²) in [6.07, 6.45) is 3.81. The average molecular weight is 412 g/mol. The first-order chi connectivity index (χ1) is 15.2. The van der Waals surface area contributed by atoms with E-state index in [0.717, 1.165) is 42.7 Å². The summed E-state index contributed by atoms with van der Waals surface area (Å²) in [6, 6.07) is 20.4. The first-order valence-electron chi connectivity index (χ1n) is 10.4. The van der Waals surface area contributed by atoms with Crippen molar-refractivity contribution >= 4 is 11.6 Å². The van der Waals surface area contributed by atoms with E-state index in [1.165, 1.54) is 0 Å². The minimum Gasteiger partial charge on any atom is -0.438 e. The van der Waals surface area contributed by atoms with Gasteiger partial charge in [0.25, 0.3) is 0 Å². The number of carbonyl (C=O) groups is 1. The predicted molar refractivity (Wildman–Crippen MR) is 119 cm³/mol. The van der Waals surface area contributed by atoms with Crippen LogP contribution in [0.5, 0.6) is 11.6 Å². The van der Waals surface area contributed by atoms with Gasteiger partial charge in [0.1, 0.15) is 23.4 Å². The Morgan fingerprint density at radius 2 is 1.90 bits per heavy atom. The number of benzene rings is 2. The molecule has 0 radical (unpaired) electrons. The van der Waals surface area contributed by atoms with E-state index in [-0.39, 0.29) is 17.8 Å². The SMILES string of the molecule is Cc1cc(Oc2ncccc2C#N)ccc1NC(=O)C(c1ccccc1)N1CCCC1. The number of hydrogen-bond donors (Lipinski definition) is 1. The Morgan fingerprint density at radius 1 is 1.13 bits per heavy atom. The van der Waals surface area contributed by atoms with E-state index in [1.807, 2.05) is 49.4 Å². The minimum atomic E-state index is -0.314. The van der Waals surface area contributed by atoms with Crippen LogP contribution in [0.3, 0.4) is 0 Å². The van der Waals surface area contributed by atoms with Gasteiger partial charge in [0.15, 0.2) is 0 Å². The van der Waals surface area contributed by atoms with Crippen molar-refractivity contribution in [3.63, 3.8) is 0 Å². The summed E-state index contributed by atoms with van der Waals surface area (Å²) in [5, 5.41) is 12.3. The number of carbonyl (C=O) groups excluding carboxylic acids is 1. The number of aryl methyl sites for hydroxylation is 1. The Hall–Kier alpha value is -3.69. The van der Waals surface area contributed by atoms with Crippen molar-refractivity contribution < 1.29 is 9.53 Å². The van der Waals surface area contributed by atoms with Crippen LogP contribution in [0.4, 0.5) is 5.69 Å². The number of rotatable bonds is 6. The van der Waals surface area contributed by atoms with Gasteiger partial charge in [0.2, 0.25) is 11.8 Å². The Balaban J connectivity index is 1.53. The molecule has 6 nitrogen and oxygen atoms in total. The Kier molecular flexibility index (Phi) is 6.25. The van der Waals surface area contributed by atoms with Gasteiger partial charge in [-0.15, -0.1) is 0 Å². The number of nitriles is 1. The molecular weight excluding hydrogens is 388 g/mol. The van der Waals surface area contributed by atoms with Crippen LogP contribution in [0.2, 0.25) is 0 Å². The maximum atomic E-state index is 13.3. The third-order valence-corrected chi connectivity index (χ3v) is 5.43. The van der Waals surface area contributed by atoms with Crippen molar-refractivity contribution in [2.24, 2.45) is 0 Å². The number of anilines is 1. The quantitative estimate of drug-likeness (QED) is 0.627. The molecule has 31 heavy (non-hydrogen) atoms. The molecule has 3 aromatic rings. The predicted octanol–water partition coefficient (Wildman–Crippen LogP) is 4.83. The lowest BCUT2D eigenvalue weighted by molar-refractivity contribution is -0.121. The average Bonchev–Trinajstić information content (AvgIpc) is 3.31. The molecule has 1 aliphatic rings. The van der Waals surface area contributed by atoms with E-state index in [9.17, 15) is 10.1 Å². The van der Waals surface area contributed by atoms with Crippen molar-refractivity contribution in [1.82, 2.24) is 9.88 Å². The third kappa shape index (κ3) is 4.73. The van der Waals surface area contributed by atoms with Crippen LogP contribution in [0.15, 0.2) is 66.9 Å².